The van der Waals surface area contributed by atoms with Crippen LogP contribution in [0.2, 0.25) is 0 Å². The number of likely N-dealkylation sites (tertiary alicyclic amines) is 1. The number of anilines is 1. The molecule has 36 heavy (non-hydrogen) atoms. The zero-order valence-corrected chi connectivity index (χ0v) is 20.6. The van der Waals surface area contributed by atoms with Gasteiger partial charge in [0.25, 0.3) is 5.91 Å². The van der Waals surface area contributed by atoms with E-state index in [2.05, 4.69) is 89.1 Å². The Balaban J connectivity index is 1.32. The van der Waals surface area contributed by atoms with Gasteiger partial charge in [0.15, 0.2) is 0 Å². The number of amides is 1. The summed E-state index contributed by atoms with van der Waals surface area (Å²) in [5.41, 5.74) is 4.68. The van der Waals surface area contributed by atoms with Crippen LogP contribution in [0.3, 0.4) is 0 Å². The molecule has 4 aromatic carbocycles. The highest BCUT2D eigenvalue weighted by molar-refractivity contribution is 6.03. The minimum atomic E-state index is 0.195. The van der Waals surface area contributed by atoms with Crippen molar-refractivity contribution in [2.24, 2.45) is 5.92 Å². The Bertz CT molecular complexity index is 1440. The van der Waals surface area contributed by atoms with E-state index in [4.69, 9.17) is 0 Å². The van der Waals surface area contributed by atoms with Gasteiger partial charge < -0.3 is 10.2 Å². The summed E-state index contributed by atoms with van der Waals surface area (Å²) in [4.78, 5) is 15.5. The van der Waals surface area contributed by atoms with Crippen molar-refractivity contribution in [2.75, 3.05) is 18.4 Å². The highest BCUT2D eigenvalue weighted by atomic mass is 16.2. The lowest BCUT2D eigenvalue weighted by atomic mass is 9.74. The van der Waals surface area contributed by atoms with Gasteiger partial charge in [-0.05, 0) is 82.1 Å². The molecule has 0 spiro atoms. The molecule has 1 N–H and O–H groups in total. The summed E-state index contributed by atoms with van der Waals surface area (Å²) >= 11 is 0. The first-order valence-corrected chi connectivity index (χ1v) is 13.5. The van der Waals surface area contributed by atoms with Gasteiger partial charge >= 0.3 is 0 Å². The minimum Gasteiger partial charge on any atom is -0.378 e. The molecule has 2 aliphatic heterocycles. The zero-order valence-electron chi connectivity index (χ0n) is 20.6. The normalized spacial score (nSPS) is 23.2. The number of benzene rings is 4. The summed E-state index contributed by atoms with van der Waals surface area (Å²) < 4.78 is 0. The summed E-state index contributed by atoms with van der Waals surface area (Å²) in [7, 11) is 0. The number of carbonyl (C=O) groups excluding carboxylic acids is 1. The first-order valence-electron chi connectivity index (χ1n) is 13.5. The largest absolute Gasteiger partial charge is 0.378 e. The molecule has 0 aromatic heterocycles. The van der Waals surface area contributed by atoms with Gasteiger partial charge in [0, 0.05) is 30.3 Å². The lowest BCUT2D eigenvalue weighted by molar-refractivity contribution is 0.0761. The van der Waals surface area contributed by atoms with Gasteiger partial charge in [-0.15, -0.1) is 0 Å². The molecule has 0 bridgehead atoms. The molecular weight excluding hydrogens is 440 g/mol. The van der Waals surface area contributed by atoms with E-state index in [-0.39, 0.29) is 11.9 Å². The molecule has 3 heteroatoms. The Morgan fingerprint density at radius 2 is 1.50 bits per heavy atom. The third-order valence-electron chi connectivity index (χ3n) is 8.63. The van der Waals surface area contributed by atoms with Crippen molar-refractivity contribution in [1.82, 2.24) is 4.90 Å². The maximum Gasteiger partial charge on any atom is 0.253 e. The molecule has 3 unspecified atom stereocenters. The lowest BCUT2D eigenvalue weighted by Gasteiger charge is -2.39. The van der Waals surface area contributed by atoms with E-state index in [0.717, 1.165) is 43.6 Å². The fourth-order valence-corrected chi connectivity index (χ4v) is 6.85. The summed E-state index contributed by atoms with van der Waals surface area (Å²) in [6, 6.07) is 26.5. The third-order valence-corrected chi connectivity index (χ3v) is 8.63. The van der Waals surface area contributed by atoms with Gasteiger partial charge in [0.1, 0.15) is 0 Å². The fourth-order valence-electron chi connectivity index (χ4n) is 6.85. The Morgan fingerprint density at radius 1 is 0.806 bits per heavy atom. The zero-order chi connectivity index (χ0) is 24.1. The SMILES string of the molecule is O=C(c1ccc2c(c1)C1C=CCC1C(c1c3ccccc3cc3ccccc13)N2)N1CCCCCC1. The standard InChI is InChI=1S/C33H32N2O/c36-33(35-18-7-1-2-8-19-35)24-16-17-30-29(21-24)27-14-9-15-28(27)32(34-30)31-25-12-5-3-10-22(25)20-23-11-4-6-13-26(23)31/h3-6,9-14,16-17,20-21,27-28,32,34H,1-2,7-8,15,18-19H2. The van der Waals surface area contributed by atoms with Crippen molar-refractivity contribution < 1.29 is 4.79 Å². The molecule has 0 saturated carbocycles. The van der Waals surface area contributed by atoms with Crippen molar-refractivity contribution in [3.63, 3.8) is 0 Å². The predicted octanol–water partition coefficient (Wildman–Crippen LogP) is 7.84. The van der Waals surface area contributed by atoms with Crippen LogP contribution >= 0.6 is 0 Å². The summed E-state index contributed by atoms with van der Waals surface area (Å²) in [5.74, 6) is 0.941. The number of rotatable bonds is 2. The average molecular weight is 473 g/mol. The highest BCUT2D eigenvalue weighted by Crippen LogP contribution is 2.52. The topological polar surface area (TPSA) is 32.3 Å². The quantitative estimate of drug-likeness (QED) is 0.238. The Labute approximate surface area is 212 Å². The van der Waals surface area contributed by atoms with E-state index >= 15 is 0 Å². The number of fused-ring (bicyclic) bond motifs is 5. The van der Waals surface area contributed by atoms with Gasteiger partial charge in [-0.25, -0.2) is 0 Å². The second-order valence-corrected chi connectivity index (χ2v) is 10.7. The molecular formula is C33H32N2O. The average Bonchev–Trinajstić information content (AvgIpc) is 3.26. The van der Waals surface area contributed by atoms with Crippen LogP contribution < -0.4 is 5.32 Å². The minimum absolute atomic E-state index is 0.195. The first-order chi connectivity index (χ1) is 17.8. The predicted molar refractivity (Wildman–Crippen MR) is 149 cm³/mol. The van der Waals surface area contributed by atoms with Crippen molar-refractivity contribution in [1.29, 1.82) is 0 Å². The number of nitrogens with zero attached hydrogens (tertiary/aromatic N) is 1. The third kappa shape index (κ3) is 3.52. The molecule has 0 radical (unpaired) electrons. The van der Waals surface area contributed by atoms with E-state index in [9.17, 15) is 4.79 Å². The van der Waals surface area contributed by atoms with Gasteiger partial charge in [-0.2, -0.15) is 0 Å². The maximum atomic E-state index is 13.4. The fraction of sp³-hybridized carbons (Fsp3) is 0.303. The van der Waals surface area contributed by atoms with Gasteiger partial charge in [0.2, 0.25) is 0 Å². The smallest absolute Gasteiger partial charge is 0.253 e. The molecule has 3 nitrogen and oxygen atoms in total. The number of nitrogens with one attached hydrogen (secondary N) is 1. The molecule has 1 amide bonds. The molecule has 2 heterocycles. The van der Waals surface area contributed by atoms with Crippen LogP contribution in [0.5, 0.6) is 0 Å². The van der Waals surface area contributed by atoms with Crippen molar-refractivity contribution in [3.05, 3.63) is 102 Å². The second-order valence-electron chi connectivity index (χ2n) is 10.7. The van der Waals surface area contributed by atoms with Crippen LogP contribution in [0.25, 0.3) is 21.5 Å². The Kier molecular flexibility index (Phi) is 5.31. The molecule has 180 valence electrons. The molecule has 7 rings (SSSR count). The molecule has 1 aliphatic carbocycles. The van der Waals surface area contributed by atoms with Crippen LogP contribution in [-0.2, 0) is 0 Å². The highest BCUT2D eigenvalue weighted by Gasteiger charge is 2.39. The van der Waals surface area contributed by atoms with Crippen molar-refractivity contribution in [2.45, 2.75) is 44.1 Å². The van der Waals surface area contributed by atoms with E-state index in [0.29, 0.717) is 11.8 Å². The molecule has 3 aliphatic rings. The second kappa shape index (κ2) is 8.81. The Hall–Kier alpha value is -3.59. The Morgan fingerprint density at radius 3 is 2.22 bits per heavy atom. The number of carbonyl (C=O) groups is 1. The first kappa shape index (κ1) is 21.7. The number of allylic oxidation sites excluding steroid dienone is 2. The molecule has 1 fully saturated rings. The van der Waals surface area contributed by atoms with E-state index in [1.165, 1.54) is 45.5 Å². The van der Waals surface area contributed by atoms with Crippen LogP contribution in [0.4, 0.5) is 5.69 Å². The molecule has 3 atom stereocenters. The summed E-state index contributed by atoms with van der Waals surface area (Å²) in [6.45, 7) is 1.77. The van der Waals surface area contributed by atoms with Crippen LogP contribution in [0.1, 0.15) is 65.5 Å². The lowest BCUT2D eigenvalue weighted by Crippen LogP contribution is -2.33. The number of hydrogen-bond acceptors (Lipinski definition) is 2. The summed E-state index contributed by atoms with van der Waals surface area (Å²) in [5, 5.41) is 9.20. The van der Waals surface area contributed by atoms with Gasteiger partial charge in [-0.3, -0.25) is 4.79 Å². The van der Waals surface area contributed by atoms with E-state index < -0.39 is 0 Å². The van der Waals surface area contributed by atoms with Gasteiger partial charge in [-0.1, -0.05) is 73.5 Å². The number of hydrogen-bond donors (Lipinski definition) is 1. The molecule has 4 aromatic rings. The summed E-state index contributed by atoms with van der Waals surface area (Å²) in [6.07, 6.45) is 10.5. The van der Waals surface area contributed by atoms with E-state index in [1.54, 1.807) is 0 Å². The van der Waals surface area contributed by atoms with Crippen molar-refractivity contribution in [3.8, 4) is 0 Å². The van der Waals surface area contributed by atoms with Crippen molar-refractivity contribution >= 4 is 33.1 Å². The monoisotopic (exact) mass is 472 g/mol. The van der Waals surface area contributed by atoms with Crippen LogP contribution in [0.15, 0.2) is 84.9 Å². The van der Waals surface area contributed by atoms with Crippen LogP contribution in [-0.4, -0.2) is 23.9 Å². The van der Waals surface area contributed by atoms with Crippen LogP contribution in [0, 0.1) is 5.92 Å². The molecule has 1 saturated heterocycles. The van der Waals surface area contributed by atoms with Gasteiger partial charge in [0.05, 0.1) is 6.04 Å². The maximum absolute atomic E-state index is 13.4. The van der Waals surface area contributed by atoms with E-state index in [1.807, 2.05) is 6.07 Å².